The van der Waals surface area contributed by atoms with E-state index in [-0.39, 0.29) is 18.0 Å². The molecule has 1 aromatic heterocycles. The van der Waals surface area contributed by atoms with Gasteiger partial charge in [-0.2, -0.15) is 0 Å². The molecule has 2 atom stereocenters. The molecule has 136 valence electrons. The molecule has 2 aliphatic heterocycles. The van der Waals surface area contributed by atoms with Crippen LogP contribution >= 0.6 is 11.6 Å². The Labute approximate surface area is 158 Å². The molecule has 1 aromatic carbocycles. The van der Waals surface area contributed by atoms with Crippen molar-refractivity contribution in [2.45, 2.75) is 43.4 Å². The third-order valence-corrected chi connectivity index (χ3v) is 5.77. The first-order valence-corrected chi connectivity index (χ1v) is 9.36. The Kier molecular flexibility index (Phi) is 4.69. The van der Waals surface area contributed by atoms with Gasteiger partial charge in [0.1, 0.15) is 5.60 Å². The smallest absolute Gasteiger partial charge is 0.238 e. The lowest BCUT2D eigenvalue weighted by atomic mass is 9.83. The van der Waals surface area contributed by atoms with Crippen molar-refractivity contribution >= 4 is 23.2 Å². The number of hydrogen-bond donors (Lipinski definition) is 2. The zero-order chi connectivity index (χ0) is 18.1. The van der Waals surface area contributed by atoms with Crippen LogP contribution in [0.15, 0.2) is 48.7 Å². The molecule has 4 rings (SSSR count). The molecule has 2 saturated heterocycles. The molecule has 26 heavy (non-hydrogen) atoms. The number of nitrogens with zero attached hydrogens (tertiary/aromatic N) is 2. The predicted octanol–water partition coefficient (Wildman–Crippen LogP) is 3.19. The second-order valence-corrected chi connectivity index (χ2v) is 7.70. The summed E-state index contributed by atoms with van der Waals surface area (Å²) in [4.78, 5) is 19.1. The maximum Gasteiger partial charge on any atom is 0.238 e. The zero-order valence-corrected chi connectivity index (χ0v) is 15.2. The summed E-state index contributed by atoms with van der Waals surface area (Å²) in [5.74, 6) is -0.0347. The third kappa shape index (κ3) is 3.47. The predicted molar refractivity (Wildman–Crippen MR) is 101 cm³/mol. The molecule has 2 fully saturated rings. The van der Waals surface area contributed by atoms with Crippen molar-refractivity contribution in [3.63, 3.8) is 0 Å². The number of fused-ring (bicyclic) bond motifs is 2. The van der Waals surface area contributed by atoms with E-state index in [9.17, 15) is 9.90 Å². The molecule has 0 radical (unpaired) electrons. The summed E-state index contributed by atoms with van der Waals surface area (Å²) in [6.45, 7) is 0.344. The maximum atomic E-state index is 12.5. The molecular formula is C20H22ClN3O2. The highest BCUT2D eigenvalue weighted by atomic mass is 35.5. The van der Waals surface area contributed by atoms with E-state index in [0.717, 1.165) is 24.2 Å². The van der Waals surface area contributed by atoms with Crippen LogP contribution in [-0.2, 0) is 10.4 Å². The highest BCUT2D eigenvalue weighted by Crippen LogP contribution is 2.44. The number of aromatic nitrogens is 1. The molecule has 0 aliphatic carbocycles. The van der Waals surface area contributed by atoms with Gasteiger partial charge in [-0.05, 0) is 62.1 Å². The van der Waals surface area contributed by atoms with Crippen LogP contribution in [0.1, 0.15) is 31.4 Å². The lowest BCUT2D eigenvalue weighted by molar-refractivity contribution is -0.121. The fraction of sp³-hybridized carbons (Fsp3) is 0.400. The Balaban J connectivity index is 1.42. The van der Waals surface area contributed by atoms with Gasteiger partial charge in [0.05, 0.1) is 12.2 Å². The lowest BCUT2D eigenvalue weighted by Gasteiger charge is -2.43. The molecule has 0 saturated carbocycles. The molecule has 6 heteroatoms. The van der Waals surface area contributed by atoms with Gasteiger partial charge in [0, 0.05) is 29.0 Å². The molecule has 2 N–H and O–H groups in total. The number of amides is 1. The number of rotatable bonds is 4. The van der Waals surface area contributed by atoms with Gasteiger partial charge in [-0.25, -0.2) is 0 Å². The quantitative estimate of drug-likeness (QED) is 0.866. The zero-order valence-electron chi connectivity index (χ0n) is 14.4. The van der Waals surface area contributed by atoms with Gasteiger partial charge in [-0.15, -0.1) is 0 Å². The number of hydrogen-bond acceptors (Lipinski definition) is 4. The van der Waals surface area contributed by atoms with Gasteiger partial charge < -0.3 is 10.4 Å². The molecule has 1 amide bonds. The second kappa shape index (κ2) is 6.99. The van der Waals surface area contributed by atoms with Crippen molar-refractivity contribution in [3.8, 4) is 0 Å². The summed E-state index contributed by atoms with van der Waals surface area (Å²) < 4.78 is 0. The molecule has 3 heterocycles. The number of pyridine rings is 1. The highest BCUT2D eigenvalue weighted by Gasteiger charge is 2.49. The van der Waals surface area contributed by atoms with Crippen molar-refractivity contribution < 1.29 is 9.90 Å². The fourth-order valence-electron chi connectivity index (χ4n) is 4.32. The molecule has 0 unspecified atom stereocenters. The van der Waals surface area contributed by atoms with E-state index in [1.54, 1.807) is 30.5 Å². The van der Waals surface area contributed by atoms with Crippen LogP contribution in [0.5, 0.6) is 0 Å². The van der Waals surface area contributed by atoms with Crippen molar-refractivity contribution in [1.29, 1.82) is 0 Å². The Morgan fingerprint density at radius 1 is 1.19 bits per heavy atom. The Hall–Kier alpha value is -1.95. The molecule has 5 nitrogen and oxygen atoms in total. The molecule has 2 aliphatic rings. The van der Waals surface area contributed by atoms with Crippen LogP contribution in [0, 0.1) is 0 Å². The summed E-state index contributed by atoms with van der Waals surface area (Å²) in [6.07, 6.45) is 4.98. The van der Waals surface area contributed by atoms with Gasteiger partial charge in [0.25, 0.3) is 0 Å². The molecular weight excluding hydrogens is 350 g/mol. The van der Waals surface area contributed by atoms with E-state index in [4.69, 9.17) is 11.6 Å². The minimum atomic E-state index is -0.893. The summed E-state index contributed by atoms with van der Waals surface area (Å²) in [6, 6.07) is 13.2. The molecule has 2 aromatic rings. The normalized spacial score (nSPS) is 28.1. The van der Waals surface area contributed by atoms with Crippen LogP contribution in [0.2, 0.25) is 5.02 Å². The van der Waals surface area contributed by atoms with Gasteiger partial charge in [0.15, 0.2) is 0 Å². The van der Waals surface area contributed by atoms with E-state index < -0.39 is 5.60 Å². The second-order valence-electron chi connectivity index (χ2n) is 7.27. The summed E-state index contributed by atoms with van der Waals surface area (Å²) in [7, 11) is 0. The van der Waals surface area contributed by atoms with E-state index in [2.05, 4.69) is 15.2 Å². The van der Waals surface area contributed by atoms with Crippen LogP contribution < -0.4 is 5.32 Å². The maximum absolute atomic E-state index is 12.5. The van der Waals surface area contributed by atoms with E-state index >= 15 is 0 Å². The summed E-state index contributed by atoms with van der Waals surface area (Å²) in [5.41, 5.74) is 0.590. The average Bonchev–Trinajstić information content (AvgIpc) is 2.88. The lowest BCUT2D eigenvalue weighted by Crippen LogP contribution is -2.52. The molecule has 0 spiro atoms. The number of anilines is 1. The first-order valence-electron chi connectivity index (χ1n) is 8.98. The SMILES string of the molecule is O=C(CN1[C@@H]2CC[C@@H]1CC(O)(c1ccccn1)C2)Nc1ccc(Cl)cc1. The Morgan fingerprint density at radius 3 is 2.50 bits per heavy atom. The minimum Gasteiger partial charge on any atom is -0.383 e. The van der Waals surface area contributed by atoms with Gasteiger partial charge in [-0.1, -0.05) is 17.7 Å². The van der Waals surface area contributed by atoms with Gasteiger partial charge >= 0.3 is 0 Å². The standard InChI is InChI=1S/C20H22ClN3O2/c21-14-4-6-15(7-5-14)23-19(25)13-24-16-8-9-17(24)12-20(26,11-16)18-3-1-2-10-22-18/h1-7,10,16-17,26H,8-9,11-13H2,(H,23,25)/t16-,17-/m1/s1. The van der Waals surface area contributed by atoms with Crippen molar-refractivity contribution in [3.05, 3.63) is 59.4 Å². The van der Waals surface area contributed by atoms with E-state index in [0.29, 0.717) is 24.4 Å². The largest absolute Gasteiger partial charge is 0.383 e. The first-order chi connectivity index (χ1) is 12.5. The van der Waals surface area contributed by atoms with Crippen LogP contribution in [0.4, 0.5) is 5.69 Å². The number of aliphatic hydroxyl groups is 1. The average molecular weight is 372 g/mol. The van der Waals surface area contributed by atoms with Crippen LogP contribution in [0.25, 0.3) is 0 Å². The van der Waals surface area contributed by atoms with Crippen LogP contribution in [-0.4, -0.2) is 39.5 Å². The van der Waals surface area contributed by atoms with Crippen LogP contribution in [0.3, 0.4) is 0 Å². The number of benzene rings is 1. The number of halogens is 1. The van der Waals surface area contributed by atoms with Gasteiger partial charge in [0.2, 0.25) is 5.91 Å². The number of nitrogens with one attached hydrogen (secondary N) is 1. The number of piperidine rings is 1. The highest BCUT2D eigenvalue weighted by molar-refractivity contribution is 6.30. The van der Waals surface area contributed by atoms with Crippen molar-refractivity contribution in [2.24, 2.45) is 0 Å². The number of carbonyl (C=O) groups is 1. The van der Waals surface area contributed by atoms with Crippen molar-refractivity contribution in [2.75, 3.05) is 11.9 Å². The van der Waals surface area contributed by atoms with Gasteiger partial charge in [-0.3, -0.25) is 14.7 Å². The minimum absolute atomic E-state index is 0.0347. The first kappa shape index (κ1) is 17.5. The van der Waals surface area contributed by atoms with E-state index in [1.165, 1.54) is 0 Å². The van der Waals surface area contributed by atoms with E-state index in [1.807, 2.05) is 18.2 Å². The monoisotopic (exact) mass is 371 g/mol. The summed E-state index contributed by atoms with van der Waals surface area (Å²) >= 11 is 5.88. The number of carbonyl (C=O) groups excluding carboxylic acids is 1. The molecule has 2 bridgehead atoms. The third-order valence-electron chi connectivity index (χ3n) is 5.51. The summed E-state index contributed by atoms with van der Waals surface area (Å²) in [5, 5.41) is 14.7. The topological polar surface area (TPSA) is 65.5 Å². The Morgan fingerprint density at radius 2 is 1.88 bits per heavy atom. The Bertz CT molecular complexity index is 767. The fourth-order valence-corrected chi connectivity index (χ4v) is 4.45. The van der Waals surface area contributed by atoms with Crippen molar-refractivity contribution in [1.82, 2.24) is 9.88 Å².